The summed E-state index contributed by atoms with van der Waals surface area (Å²) in [7, 11) is 0. The summed E-state index contributed by atoms with van der Waals surface area (Å²) in [6, 6.07) is 0. The maximum atomic E-state index is 11.4. The van der Waals surface area contributed by atoms with E-state index in [1.807, 2.05) is 0 Å². The van der Waals surface area contributed by atoms with Crippen LogP contribution in [-0.2, 0) is 9.59 Å². The van der Waals surface area contributed by atoms with E-state index in [2.05, 4.69) is 22.6 Å². The van der Waals surface area contributed by atoms with Crippen LogP contribution >= 0.6 is 22.6 Å². The van der Waals surface area contributed by atoms with Gasteiger partial charge in [-0.3, -0.25) is 4.79 Å². The Bertz CT molecular complexity index is 459. The van der Waals surface area contributed by atoms with Crippen LogP contribution in [0.4, 0.5) is 0 Å². The number of rotatable bonds is 3. The standard InChI is InChI=1S/C12H13IO4/c1-12(11(16)17)5-7(10(14)15)4-8(9(12)13)6-2-3-6/h4,6H,2-3,5H2,1H3,(H,14,15)(H,16,17). The quantitative estimate of drug-likeness (QED) is 0.769. The van der Waals surface area contributed by atoms with E-state index in [4.69, 9.17) is 5.11 Å². The second-order valence-corrected chi connectivity index (χ2v) is 5.91. The third-order valence-corrected chi connectivity index (χ3v) is 5.19. The van der Waals surface area contributed by atoms with Gasteiger partial charge in [-0.2, -0.15) is 0 Å². The lowest BCUT2D eigenvalue weighted by molar-refractivity contribution is -0.145. The Labute approximate surface area is 113 Å². The van der Waals surface area contributed by atoms with Gasteiger partial charge in [0.15, 0.2) is 0 Å². The molecule has 1 atom stereocenters. The third kappa shape index (κ3) is 2.12. The monoisotopic (exact) mass is 348 g/mol. The second-order valence-electron chi connectivity index (χ2n) is 4.83. The van der Waals surface area contributed by atoms with Crippen LogP contribution in [0.25, 0.3) is 0 Å². The molecule has 0 radical (unpaired) electrons. The van der Waals surface area contributed by atoms with Gasteiger partial charge in [0.25, 0.3) is 0 Å². The van der Waals surface area contributed by atoms with E-state index >= 15 is 0 Å². The van der Waals surface area contributed by atoms with Crippen molar-refractivity contribution in [3.8, 4) is 0 Å². The van der Waals surface area contributed by atoms with Gasteiger partial charge < -0.3 is 10.2 Å². The minimum absolute atomic E-state index is 0.0617. The number of halogens is 1. The fraction of sp³-hybridized carbons (Fsp3) is 0.500. The van der Waals surface area contributed by atoms with Gasteiger partial charge in [0, 0.05) is 9.15 Å². The SMILES string of the molecule is CC1(C(=O)O)CC(C(=O)O)=CC(C2CC2)=C1I. The van der Waals surface area contributed by atoms with Crippen molar-refractivity contribution >= 4 is 34.5 Å². The van der Waals surface area contributed by atoms with E-state index in [9.17, 15) is 14.7 Å². The molecule has 2 aliphatic carbocycles. The van der Waals surface area contributed by atoms with Gasteiger partial charge in [0.1, 0.15) is 5.41 Å². The van der Waals surface area contributed by atoms with Crippen molar-refractivity contribution in [3.63, 3.8) is 0 Å². The van der Waals surface area contributed by atoms with Crippen molar-refractivity contribution in [2.24, 2.45) is 11.3 Å². The molecule has 4 nitrogen and oxygen atoms in total. The number of hydrogen-bond acceptors (Lipinski definition) is 2. The molecular weight excluding hydrogens is 335 g/mol. The molecule has 1 saturated carbocycles. The van der Waals surface area contributed by atoms with E-state index in [1.54, 1.807) is 13.0 Å². The molecule has 0 aromatic carbocycles. The fourth-order valence-electron chi connectivity index (χ4n) is 2.08. The summed E-state index contributed by atoms with van der Waals surface area (Å²) in [4.78, 5) is 22.5. The second kappa shape index (κ2) is 4.12. The van der Waals surface area contributed by atoms with Crippen LogP contribution < -0.4 is 0 Å². The Morgan fingerprint density at radius 2 is 2.00 bits per heavy atom. The van der Waals surface area contributed by atoms with Gasteiger partial charge >= 0.3 is 11.9 Å². The van der Waals surface area contributed by atoms with Gasteiger partial charge in [0.2, 0.25) is 0 Å². The predicted octanol–water partition coefficient (Wildman–Crippen LogP) is 2.59. The lowest BCUT2D eigenvalue weighted by Crippen LogP contribution is -2.32. The van der Waals surface area contributed by atoms with Crippen LogP contribution in [0.3, 0.4) is 0 Å². The molecule has 0 heterocycles. The summed E-state index contributed by atoms with van der Waals surface area (Å²) in [5.74, 6) is -1.61. The molecule has 2 aliphatic rings. The van der Waals surface area contributed by atoms with Crippen molar-refractivity contribution in [1.82, 2.24) is 0 Å². The normalized spacial score (nSPS) is 28.9. The molecule has 92 valence electrons. The van der Waals surface area contributed by atoms with Gasteiger partial charge in [-0.05, 0) is 66.3 Å². The summed E-state index contributed by atoms with van der Waals surface area (Å²) < 4.78 is 0.787. The van der Waals surface area contributed by atoms with Crippen LogP contribution in [0.5, 0.6) is 0 Å². The molecular formula is C12H13IO4. The number of carbonyl (C=O) groups is 2. The topological polar surface area (TPSA) is 74.6 Å². The Morgan fingerprint density at radius 3 is 2.41 bits per heavy atom. The summed E-state index contributed by atoms with van der Waals surface area (Å²) in [6.45, 7) is 1.61. The maximum absolute atomic E-state index is 11.4. The van der Waals surface area contributed by atoms with Gasteiger partial charge in [-0.1, -0.05) is 0 Å². The summed E-state index contributed by atoms with van der Waals surface area (Å²) in [6.07, 6.45) is 3.79. The molecule has 0 aliphatic heterocycles. The minimum Gasteiger partial charge on any atom is -0.481 e. The predicted molar refractivity (Wildman–Crippen MR) is 69.8 cm³/mol. The molecule has 2 N–H and O–H groups in total. The van der Waals surface area contributed by atoms with Crippen molar-refractivity contribution in [2.75, 3.05) is 0 Å². The van der Waals surface area contributed by atoms with Crippen molar-refractivity contribution in [2.45, 2.75) is 26.2 Å². The highest BCUT2D eigenvalue weighted by Gasteiger charge is 2.44. The lowest BCUT2D eigenvalue weighted by atomic mass is 9.77. The first kappa shape index (κ1) is 12.6. The molecule has 5 heteroatoms. The van der Waals surface area contributed by atoms with E-state index in [1.165, 1.54) is 0 Å². The van der Waals surface area contributed by atoms with Gasteiger partial charge in [0.05, 0.1) is 0 Å². The zero-order chi connectivity index (χ0) is 12.8. The fourth-order valence-corrected chi connectivity index (χ4v) is 3.09. The van der Waals surface area contributed by atoms with E-state index < -0.39 is 17.4 Å². The average molecular weight is 348 g/mol. The highest BCUT2D eigenvalue weighted by atomic mass is 127. The van der Waals surface area contributed by atoms with Crippen molar-refractivity contribution in [1.29, 1.82) is 0 Å². The highest BCUT2D eigenvalue weighted by Crippen LogP contribution is 2.50. The third-order valence-electron chi connectivity index (χ3n) is 3.38. The molecule has 0 spiro atoms. The smallest absolute Gasteiger partial charge is 0.331 e. The van der Waals surface area contributed by atoms with E-state index in [-0.39, 0.29) is 12.0 Å². The zero-order valence-corrected chi connectivity index (χ0v) is 11.5. The first-order valence-electron chi connectivity index (χ1n) is 5.43. The molecule has 1 unspecified atom stereocenters. The van der Waals surface area contributed by atoms with Crippen LogP contribution in [0.1, 0.15) is 26.2 Å². The van der Waals surface area contributed by atoms with E-state index in [0.29, 0.717) is 5.92 Å². The molecule has 0 amide bonds. The van der Waals surface area contributed by atoms with Crippen LogP contribution in [0.15, 0.2) is 20.8 Å². The largest absolute Gasteiger partial charge is 0.481 e. The Morgan fingerprint density at radius 1 is 1.41 bits per heavy atom. The zero-order valence-electron chi connectivity index (χ0n) is 9.36. The number of carboxylic acid groups (broad SMARTS) is 2. The number of carboxylic acids is 2. The van der Waals surface area contributed by atoms with Crippen molar-refractivity contribution in [3.05, 3.63) is 20.8 Å². The Balaban J connectivity index is 2.50. The number of allylic oxidation sites excluding steroid dienone is 2. The molecule has 0 saturated heterocycles. The molecule has 0 aromatic rings. The Hall–Kier alpha value is -0.850. The van der Waals surface area contributed by atoms with Gasteiger partial charge in [-0.15, -0.1) is 0 Å². The number of hydrogen-bond donors (Lipinski definition) is 2. The van der Waals surface area contributed by atoms with E-state index in [0.717, 1.165) is 22.0 Å². The minimum atomic E-state index is -1.08. The lowest BCUT2D eigenvalue weighted by Gasteiger charge is -2.30. The highest BCUT2D eigenvalue weighted by molar-refractivity contribution is 14.1. The molecule has 0 bridgehead atoms. The first-order valence-corrected chi connectivity index (χ1v) is 6.51. The summed E-state index contributed by atoms with van der Waals surface area (Å²) in [5.41, 5.74) is 0.0393. The summed E-state index contributed by atoms with van der Waals surface area (Å²) in [5, 5.41) is 18.4. The molecule has 17 heavy (non-hydrogen) atoms. The first-order chi connectivity index (χ1) is 7.86. The number of aliphatic carboxylic acids is 2. The van der Waals surface area contributed by atoms with Crippen LogP contribution in [0, 0.1) is 11.3 Å². The average Bonchev–Trinajstić information content (AvgIpc) is 3.05. The molecule has 0 aromatic heterocycles. The van der Waals surface area contributed by atoms with Crippen LogP contribution in [0.2, 0.25) is 0 Å². The molecule has 2 rings (SSSR count). The summed E-state index contributed by atoms with van der Waals surface area (Å²) >= 11 is 2.06. The molecule has 1 fully saturated rings. The maximum Gasteiger partial charge on any atom is 0.331 e. The Kier molecular flexibility index (Phi) is 3.05. The van der Waals surface area contributed by atoms with Crippen LogP contribution in [-0.4, -0.2) is 22.2 Å². The van der Waals surface area contributed by atoms with Gasteiger partial charge in [-0.25, -0.2) is 4.79 Å². The van der Waals surface area contributed by atoms with Crippen molar-refractivity contribution < 1.29 is 19.8 Å².